The molecule has 0 aliphatic heterocycles. The van der Waals surface area contributed by atoms with Gasteiger partial charge in [-0.2, -0.15) is 18.3 Å². The molecule has 8 nitrogen and oxygen atoms in total. The van der Waals surface area contributed by atoms with Gasteiger partial charge in [-0.25, -0.2) is 4.39 Å². The Labute approximate surface area is 217 Å². The van der Waals surface area contributed by atoms with Crippen molar-refractivity contribution in [3.05, 3.63) is 70.9 Å². The van der Waals surface area contributed by atoms with Crippen LogP contribution in [-0.4, -0.2) is 57.6 Å². The van der Waals surface area contributed by atoms with E-state index in [1.54, 1.807) is 52.8 Å². The topological polar surface area (TPSA) is 82.9 Å². The molecule has 202 valence electrons. The highest BCUT2D eigenvalue weighted by Crippen LogP contribution is 2.35. The Kier molecular flexibility index (Phi) is 7.36. The van der Waals surface area contributed by atoms with Gasteiger partial charge in [-0.15, -0.1) is 0 Å². The molecule has 0 aliphatic rings. The third-order valence-electron chi connectivity index (χ3n) is 6.27. The molecular weight excluding hydrogens is 502 g/mol. The van der Waals surface area contributed by atoms with E-state index in [4.69, 9.17) is 0 Å². The lowest BCUT2D eigenvalue weighted by molar-refractivity contribution is -0.139. The van der Waals surface area contributed by atoms with Crippen LogP contribution in [0.4, 0.5) is 28.9 Å². The number of nitrogens with zero attached hydrogens (tertiary/aromatic N) is 4. The van der Waals surface area contributed by atoms with Gasteiger partial charge in [0, 0.05) is 42.6 Å². The number of nitrogens with one attached hydrogen (secondary N) is 3. The molecular formula is C26H29F4N7O. The zero-order chi connectivity index (χ0) is 27.8. The Morgan fingerprint density at radius 2 is 1.87 bits per heavy atom. The van der Waals surface area contributed by atoms with E-state index in [-0.39, 0.29) is 17.8 Å². The molecule has 4 rings (SSSR count). The maximum atomic E-state index is 14.6. The smallest absolute Gasteiger partial charge is 0.381 e. The van der Waals surface area contributed by atoms with E-state index in [9.17, 15) is 22.4 Å². The number of amides is 1. The predicted molar refractivity (Wildman–Crippen MR) is 138 cm³/mol. The minimum atomic E-state index is -4.96. The van der Waals surface area contributed by atoms with Crippen molar-refractivity contribution in [1.29, 1.82) is 0 Å². The molecule has 3 N–H and O–H groups in total. The van der Waals surface area contributed by atoms with Gasteiger partial charge < -0.3 is 15.5 Å². The van der Waals surface area contributed by atoms with E-state index in [0.29, 0.717) is 18.3 Å². The van der Waals surface area contributed by atoms with Crippen molar-refractivity contribution in [2.45, 2.75) is 20.0 Å². The van der Waals surface area contributed by atoms with Gasteiger partial charge in [-0.05, 0) is 57.8 Å². The van der Waals surface area contributed by atoms with Gasteiger partial charge in [-0.1, -0.05) is 6.07 Å². The standard InChI is InChI=1S/C26H29F4N7O/c1-15-6-7-18(12-23(15)37-14-22(34-37)19-13-32-36(5)16(19)2)33-25(38)17-10-20(26(28,29)30)24(27)21(11-17)31-8-9-35(3)4/h6-7,10-14,31,34H,8-9H2,1-5H3,(H,33,38). The number of aromatic amines is 1. The van der Waals surface area contributed by atoms with Crippen molar-refractivity contribution in [3.8, 4) is 16.9 Å². The second-order valence-corrected chi connectivity index (χ2v) is 9.36. The van der Waals surface area contributed by atoms with Crippen LogP contribution in [0.15, 0.2) is 42.7 Å². The number of carbonyl (C=O) groups excluding carboxylic acids is 1. The molecule has 1 amide bonds. The molecule has 0 radical (unpaired) electrons. The predicted octanol–water partition coefficient (Wildman–Crippen LogP) is 5.21. The molecule has 2 aromatic carbocycles. The van der Waals surface area contributed by atoms with Crippen LogP contribution in [0.25, 0.3) is 16.9 Å². The number of aryl methyl sites for hydroxylation is 2. The van der Waals surface area contributed by atoms with E-state index >= 15 is 0 Å². The number of carbonyl (C=O) groups is 1. The highest BCUT2D eigenvalue weighted by atomic mass is 19.4. The summed E-state index contributed by atoms with van der Waals surface area (Å²) in [5.74, 6) is -2.24. The highest BCUT2D eigenvalue weighted by molar-refractivity contribution is 6.05. The Bertz CT molecular complexity index is 1450. The number of likely N-dealkylation sites (N-methyl/N-ethyl adjacent to an activating group) is 1. The zero-order valence-corrected chi connectivity index (χ0v) is 21.7. The Balaban J connectivity index is 1.58. The van der Waals surface area contributed by atoms with Crippen LogP contribution in [0.2, 0.25) is 0 Å². The molecule has 0 saturated heterocycles. The van der Waals surface area contributed by atoms with Crippen LogP contribution >= 0.6 is 0 Å². The van der Waals surface area contributed by atoms with Crippen molar-refractivity contribution < 1.29 is 22.4 Å². The number of hydrogen-bond donors (Lipinski definition) is 3. The lowest BCUT2D eigenvalue weighted by Gasteiger charge is -2.19. The molecule has 2 aromatic heterocycles. The van der Waals surface area contributed by atoms with Crippen molar-refractivity contribution in [3.63, 3.8) is 0 Å². The van der Waals surface area contributed by atoms with Crippen molar-refractivity contribution in [2.75, 3.05) is 37.8 Å². The summed E-state index contributed by atoms with van der Waals surface area (Å²) < 4.78 is 58.8. The van der Waals surface area contributed by atoms with Crippen LogP contribution in [0.5, 0.6) is 0 Å². The lowest BCUT2D eigenvalue weighted by Crippen LogP contribution is -2.22. The van der Waals surface area contributed by atoms with Crippen molar-refractivity contribution in [2.24, 2.45) is 7.05 Å². The highest BCUT2D eigenvalue weighted by Gasteiger charge is 2.36. The minimum Gasteiger partial charge on any atom is -0.381 e. The second-order valence-electron chi connectivity index (χ2n) is 9.36. The largest absolute Gasteiger partial charge is 0.419 e. The maximum absolute atomic E-state index is 14.6. The molecule has 0 fully saturated rings. The fourth-order valence-corrected chi connectivity index (χ4v) is 3.93. The molecule has 0 spiro atoms. The molecule has 2 heterocycles. The minimum absolute atomic E-state index is 0.199. The maximum Gasteiger partial charge on any atom is 0.419 e. The molecule has 12 heteroatoms. The summed E-state index contributed by atoms with van der Waals surface area (Å²) in [4.78, 5) is 14.8. The number of anilines is 2. The van der Waals surface area contributed by atoms with Crippen LogP contribution in [0.3, 0.4) is 0 Å². The molecule has 38 heavy (non-hydrogen) atoms. The fourth-order valence-electron chi connectivity index (χ4n) is 3.93. The first kappa shape index (κ1) is 27.0. The molecule has 0 bridgehead atoms. The average Bonchev–Trinajstić information content (AvgIpc) is 3.13. The van der Waals surface area contributed by atoms with E-state index in [2.05, 4.69) is 20.8 Å². The van der Waals surface area contributed by atoms with E-state index in [0.717, 1.165) is 34.3 Å². The number of H-pyrrole nitrogens is 1. The number of aromatic nitrogens is 4. The summed E-state index contributed by atoms with van der Waals surface area (Å²) in [5.41, 5.74) is 2.65. The normalized spacial score (nSPS) is 11.8. The van der Waals surface area contributed by atoms with Crippen molar-refractivity contribution in [1.82, 2.24) is 24.5 Å². The van der Waals surface area contributed by atoms with Crippen LogP contribution in [0.1, 0.15) is 27.2 Å². The molecule has 0 aliphatic carbocycles. The third kappa shape index (κ3) is 5.59. The molecule has 0 unspecified atom stereocenters. The van der Waals surface area contributed by atoms with Crippen LogP contribution in [-0.2, 0) is 13.2 Å². The van der Waals surface area contributed by atoms with Gasteiger partial charge >= 0.3 is 6.18 Å². The molecule has 0 atom stereocenters. The zero-order valence-electron chi connectivity index (χ0n) is 21.7. The lowest BCUT2D eigenvalue weighted by atomic mass is 10.1. The summed E-state index contributed by atoms with van der Waals surface area (Å²) >= 11 is 0. The van der Waals surface area contributed by atoms with Gasteiger partial charge in [0.25, 0.3) is 5.91 Å². The quantitative estimate of drug-likeness (QED) is 0.273. The van der Waals surface area contributed by atoms with Gasteiger partial charge in [0.15, 0.2) is 5.82 Å². The van der Waals surface area contributed by atoms with Gasteiger partial charge in [0.2, 0.25) is 0 Å². The van der Waals surface area contributed by atoms with E-state index < -0.39 is 23.5 Å². The monoisotopic (exact) mass is 531 g/mol. The van der Waals surface area contributed by atoms with E-state index in [1.165, 1.54) is 0 Å². The molecule has 0 saturated carbocycles. The number of rotatable bonds is 8. The first-order valence-electron chi connectivity index (χ1n) is 11.8. The first-order valence-corrected chi connectivity index (χ1v) is 11.8. The number of alkyl halides is 3. The number of halogens is 4. The third-order valence-corrected chi connectivity index (χ3v) is 6.27. The van der Waals surface area contributed by atoms with Gasteiger partial charge in [0.1, 0.15) is 0 Å². The summed E-state index contributed by atoms with van der Waals surface area (Å²) in [6.45, 7) is 4.51. The van der Waals surface area contributed by atoms with Crippen LogP contribution in [0, 0.1) is 19.7 Å². The Hall–Kier alpha value is -4.06. The van der Waals surface area contributed by atoms with Gasteiger partial charge in [-0.3, -0.25) is 19.3 Å². The Morgan fingerprint density at radius 3 is 2.47 bits per heavy atom. The average molecular weight is 532 g/mol. The van der Waals surface area contributed by atoms with E-state index in [1.807, 2.05) is 27.1 Å². The van der Waals surface area contributed by atoms with Gasteiger partial charge in [0.05, 0.1) is 35.0 Å². The fraction of sp³-hybridized carbons (Fsp3) is 0.308. The number of benzene rings is 2. The first-order chi connectivity index (χ1) is 17.8. The summed E-state index contributed by atoms with van der Waals surface area (Å²) in [5, 5.41) is 12.8. The Morgan fingerprint density at radius 1 is 1.16 bits per heavy atom. The summed E-state index contributed by atoms with van der Waals surface area (Å²) in [6.07, 6.45) is -1.31. The number of hydrogen-bond acceptors (Lipinski definition) is 4. The summed E-state index contributed by atoms with van der Waals surface area (Å²) in [6, 6.07) is 6.75. The van der Waals surface area contributed by atoms with Crippen molar-refractivity contribution >= 4 is 17.3 Å². The SMILES string of the molecule is Cc1ccc(NC(=O)c2cc(NCCN(C)C)c(F)c(C(F)(F)F)c2)cc1-n1cc(-c2cnn(C)c2C)[nH]1. The van der Waals surface area contributed by atoms with Crippen LogP contribution < -0.4 is 10.6 Å². The second kappa shape index (κ2) is 10.4. The summed E-state index contributed by atoms with van der Waals surface area (Å²) in [7, 11) is 5.42. The molecule has 4 aromatic rings.